The minimum absolute atomic E-state index is 0.00674. The molecule has 1 saturated heterocycles. The second-order valence-corrected chi connectivity index (χ2v) is 11.5. The van der Waals surface area contributed by atoms with Crippen molar-refractivity contribution in [3.63, 3.8) is 0 Å². The summed E-state index contributed by atoms with van der Waals surface area (Å²) in [6.07, 6.45) is 1.14. The Kier molecular flexibility index (Phi) is 13.2. The number of methoxy groups -OCH3 is 2. The maximum atomic E-state index is 9.91. The highest BCUT2D eigenvalue weighted by Gasteiger charge is 2.36. The van der Waals surface area contributed by atoms with E-state index in [9.17, 15) is 5.11 Å². The van der Waals surface area contributed by atoms with Gasteiger partial charge in [0.2, 0.25) is 0 Å². The molecule has 0 saturated carbocycles. The smallest absolute Gasteiger partial charge is 0.142 e. The zero-order valence-electron chi connectivity index (χ0n) is 25.8. The summed E-state index contributed by atoms with van der Waals surface area (Å²) in [6.45, 7) is 10.7. The first kappa shape index (κ1) is 32.5. The van der Waals surface area contributed by atoms with Crippen LogP contribution in [0, 0.1) is 5.92 Å². The predicted octanol–water partition coefficient (Wildman–Crippen LogP) is 4.01. The van der Waals surface area contributed by atoms with E-state index in [0.717, 1.165) is 67.5 Å². The number of aliphatic hydroxyl groups excluding tert-OH is 1. The highest BCUT2D eigenvalue weighted by molar-refractivity contribution is 5.61. The van der Waals surface area contributed by atoms with Crippen LogP contribution in [0.4, 0.5) is 5.69 Å². The molecule has 0 aromatic heterocycles. The summed E-state index contributed by atoms with van der Waals surface area (Å²) < 4.78 is 35.2. The lowest BCUT2D eigenvalue weighted by atomic mass is 9.85. The molecule has 2 aromatic rings. The minimum Gasteiger partial charge on any atom is -0.494 e. The summed E-state index contributed by atoms with van der Waals surface area (Å²) in [5, 5.41) is 13.4. The van der Waals surface area contributed by atoms with Gasteiger partial charge in [-0.25, -0.2) is 0 Å². The highest BCUT2D eigenvalue weighted by atomic mass is 16.5. The number of ether oxygens (including phenoxy) is 6. The van der Waals surface area contributed by atoms with E-state index < -0.39 is 6.10 Å². The van der Waals surface area contributed by atoms with Crippen LogP contribution in [0.25, 0.3) is 0 Å². The van der Waals surface area contributed by atoms with Crippen molar-refractivity contribution >= 4 is 5.69 Å². The van der Waals surface area contributed by atoms with Crippen LogP contribution >= 0.6 is 0 Å². The topological polar surface area (TPSA) is 90.9 Å². The average molecular weight is 587 g/mol. The van der Waals surface area contributed by atoms with Crippen LogP contribution in [0.2, 0.25) is 0 Å². The first-order chi connectivity index (χ1) is 20.5. The van der Waals surface area contributed by atoms with Gasteiger partial charge in [0.05, 0.1) is 50.4 Å². The number of nitrogens with one attached hydrogen (secondary N) is 1. The quantitative estimate of drug-likeness (QED) is 0.267. The molecule has 2 N–H and O–H groups in total. The fourth-order valence-electron chi connectivity index (χ4n) is 5.65. The van der Waals surface area contributed by atoms with Crippen LogP contribution in [0.5, 0.6) is 11.5 Å². The zero-order valence-corrected chi connectivity index (χ0v) is 25.8. The molecular weight excluding hydrogens is 536 g/mol. The molecule has 2 aliphatic rings. The van der Waals surface area contributed by atoms with Crippen LogP contribution in [0.1, 0.15) is 43.7 Å². The Morgan fingerprint density at radius 3 is 2.50 bits per heavy atom. The molecule has 5 atom stereocenters. The van der Waals surface area contributed by atoms with Crippen molar-refractivity contribution in [2.45, 2.75) is 57.5 Å². The Morgan fingerprint density at radius 1 is 0.976 bits per heavy atom. The zero-order chi connectivity index (χ0) is 29.7. The molecule has 0 amide bonds. The lowest BCUT2D eigenvalue weighted by molar-refractivity contribution is -0.0752. The number of hydrogen-bond acceptors (Lipinski definition) is 9. The number of hydrogen-bond donors (Lipinski definition) is 2. The van der Waals surface area contributed by atoms with E-state index in [-0.39, 0.29) is 24.7 Å². The van der Waals surface area contributed by atoms with Crippen LogP contribution in [0.3, 0.4) is 0 Å². The fraction of sp³-hybridized carbons (Fsp3) is 0.636. The monoisotopic (exact) mass is 586 g/mol. The van der Waals surface area contributed by atoms with E-state index in [1.54, 1.807) is 21.1 Å². The Labute approximate surface area is 251 Å². The minimum atomic E-state index is -0.534. The van der Waals surface area contributed by atoms with Crippen molar-refractivity contribution in [2.75, 3.05) is 78.3 Å². The maximum absolute atomic E-state index is 9.91. The van der Waals surface area contributed by atoms with E-state index in [0.29, 0.717) is 38.8 Å². The number of rotatable bonds is 17. The Hall–Kier alpha value is -2.40. The largest absolute Gasteiger partial charge is 0.494 e. The molecule has 4 rings (SSSR count). The summed E-state index contributed by atoms with van der Waals surface area (Å²) in [4.78, 5) is 2.37. The van der Waals surface area contributed by atoms with Gasteiger partial charge in [0.1, 0.15) is 18.1 Å². The van der Waals surface area contributed by atoms with Crippen molar-refractivity contribution in [2.24, 2.45) is 5.92 Å². The molecule has 0 aliphatic carbocycles. The number of piperidine rings is 1. The van der Waals surface area contributed by atoms with Crippen molar-refractivity contribution in [3.8, 4) is 11.5 Å². The van der Waals surface area contributed by atoms with Crippen LogP contribution in [-0.2, 0) is 25.6 Å². The normalized spacial score (nSPS) is 21.8. The van der Waals surface area contributed by atoms with Crippen LogP contribution in [-0.4, -0.2) is 96.9 Å². The number of aliphatic hydroxyl groups is 1. The van der Waals surface area contributed by atoms with Crippen LogP contribution < -0.4 is 19.7 Å². The standard InChI is InChI=1S/C33H50N2O7/c1-24(21-38-4)12-16-39-28-9-7-27(8-10-28)33-31(41-22-25(2)36)19-34-20-32(33)42-23-26-6-11-30-29(18-26)35(14-17-40-30)13-5-15-37-3/h6-11,18,24-25,31-34,36H,5,12-17,19-23H2,1-4H3/t24-,25+,31-,32+,33+/m1/s1. The first-order valence-corrected chi connectivity index (χ1v) is 15.3. The molecule has 9 nitrogen and oxygen atoms in total. The molecule has 0 unspecified atom stereocenters. The molecule has 0 bridgehead atoms. The van der Waals surface area contributed by atoms with Gasteiger partial charge in [0.15, 0.2) is 0 Å². The number of anilines is 1. The lowest BCUT2D eigenvalue weighted by Gasteiger charge is -2.39. The lowest BCUT2D eigenvalue weighted by Crippen LogP contribution is -2.51. The van der Waals surface area contributed by atoms with Gasteiger partial charge in [-0.2, -0.15) is 0 Å². The number of benzene rings is 2. The summed E-state index contributed by atoms with van der Waals surface area (Å²) in [5.41, 5.74) is 3.36. The van der Waals surface area contributed by atoms with Gasteiger partial charge in [0, 0.05) is 53.0 Å². The van der Waals surface area contributed by atoms with Gasteiger partial charge in [-0.3, -0.25) is 0 Å². The Balaban J connectivity index is 1.44. The van der Waals surface area contributed by atoms with E-state index in [2.05, 4.69) is 47.5 Å². The molecule has 2 heterocycles. The van der Waals surface area contributed by atoms with Crippen molar-refractivity contribution in [3.05, 3.63) is 53.6 Å². The van der Waals surface area contributed by atoms with Gasteiger partial charge in [-0.1, -0.05) is 25.1 Å². The van der Waals surface area contributed by atoms with E-state index in [1.807, 2.05) is 12.1 Å². The maximum Gasteiger partial charge on any atom is 0.142 e. The number of nitrogens with zero attached hydrogens (tertiary/aromatic N) is 1. The second kappa shape index (κ2) is 17.0. The summed E-state index contributed by atoms with van der Waals surface area (Å²) in [7, 11) is 3.47. The number of fused-ring (bicyclic) bond motifs is 1. The fourth-order valence-corrected chi connectivity index (χ4v) is 5.65. The average Bonchev–Trinajstić information content (AvgIpc) is 2.99. The molecule has 42 heavy (non-hydrogen) atoms. The van der Waals surface area contributed by atoms with E-state index >= 15 is 0 Å². The van der Waals surface area contributed by atoms with Gasteiger partial charge >= 0.3 is 0 Å². The van der Waals surface area contributed by atoms with Crippen LogP contribution in [0.15, 0.2) is 42.5 Å². The summed E-state index contributed by atoms with van der Waals surface area (Å²) in [6, 6.07) is 14.6. The van der Waals surface area contributed by atoms with Crippen molar-refractivity contribution < 1.29 is 33.5 Å². The molecule has 2 aliphatic heterocycles. The van der Waals surface area contributed by atoms with Gasteiger partial charge in [0.25, 0.3) is 0 Å². The third kappa shape index (κ3) is 9.56. The SMILES string of the molecule is COCCCN1CCOc2ccc(CO[C@H]3CNC[C@@H](OC[C@H](C)O)[C@@H]3c3ccc(OCC[C@@H](C)COC)cc3)cc21. The molecule has 9 heteroatoms. The first-order valence-electron chi connectivity index (χ1n) is 15.3. The van der Waals surface area contributed by atoms with E-state index in [1.165, 1.54) is 0 Å². The molecule has 1 fully saturated rings. The second-order valence-electron chi connectivity index (χ2n) is 11.5. The Morgan fingerprint density at radius 2 is 1.76 bits per heavy atom. The molecule has 0 radical (unpaired) electrons. The van der Waals surface area contributed by atoms with Gasteiger partial charge in [-0.05, 0) is 61.1 Å². The molecular formula is C33H50N2O7. The molecule has 234 valence electrons. The van der Waals surface area contributed by atoms with Gasteiger partial charge < -0.3 is 43.7 Å². The summed E-state index contributed by atoms with van der Waals surface area (Å²) in [5.74, 6) is 2.23. The highest BCUT2D eigenvalue weighted by Crippen LogP contribution is 2.35. The summed E-state index contributed by atoms with van der Waals surface area (Å²) >= 11 is 0. The molecule has 2 aromatic carbocycles. The van der Waals surface area contributed by atoms with Gasteiger partial charge in [-0.15, -0.1) is 0 Å². The van der Waals surface area contributed by atoms with Crippen molar-refractivity contribution in [1.29, 1.82) is 0 Å². The van der Waals surface area contributed by atoms with E-state index in [4.69, 9.17) is 28.4 Å². The van der Waals surface area contributed by atoms with Crippen molar-refractivity contribution in [1.82, 2.24) is 5.32 Å². The molecule has 0 spiro atoms. The predicted molar refractivity (Wildman–Crippen MR) is 164 cm³/mol. The third-order valence-corrected chi connectivity index (χ3v) is 7.86. The Bertz CT molecular complexity index is 1050. The third-order valence-electron chi connectivity index (χ3n) is 7.86.